The molecule has 0 bridgehead atoms. The molecule has 0 aromatic carbocycles. The maximum Gasteiger partial charge on any atom is 0.135 e. The van der Waals surface area contributed by atoms with Gasteiger partial charge in [-0.3, -0.25) is 0 Å². The van der Waals surface area contributed by atoms with Crippen LogP contribution in [0.5, 0.6) is 0 Å². The number of aryl methyl sites for hydroxylation is 1. The molecular formula is C13H22N4. The minimum atomic E-state index is 0.493. The second-order valence-corrected chi connectivity index (χ2v) is 5.22. The van der Waals surface area contributed by atoms with Gasteiger partial charge in [-0.2, -0.15) is 0 Å². The first-order valence-electron chi connectivity index (χ1n) is 6.27. The molecule has 1 saturated heterocycles. The first kappa shape index (κ1) is 12.3. The van der Waals surface area contributed by atoms with Crippen LogP contribution in [0.25, 0.3) is 0 Å². The Morgan fingerprint density at radius 1 is 1.35 bits per heavy atom. The van der Waals surface area contributed by atoms with Crippen molar-refractivity contribution in [3.63, 3.8) is 0 Å². The van der Waals surface area contributed by atoms with Gasteiger partial charge in [-0.15, -0.1) is 0 Å². The second kappa shape index (κ2) is 5.00. The number of likely N-dealkylation sites (tertiary alicyclic amines) is 1. The van der Waals surface area contributed by atoms with Crippen LogP contribution in [0.3, 0.4) is 0 Å². The van der Waals surface area contributed by atoms with E-state index < -0.39 is 0 Å². The first-order chi connectivity index (χ1) is 8.06. The van der Waals surface area contributed by atoms with Gasteiger partial charge in [0.05, 0.1) is 0 Å². The van der Waals surface area contributed by atoms with Crippen molar-refractivity contribution in [2.45, 2.75) is 25.7 Å². The first-order valence-corrected chi connectivity index (χ1v) is 6.27. The molecule has 0 unspecified atom stereocenters. The van der Waals surface area contributed by atoms with E-state index in [-0.39, 0.29) is 0 Å². The maximum atomic E-state index is 4.68. The number of piperidine rings is 1. The normalized spacial score (nSPS) is 21.5. The summed E-state index contributed by atoms with van der Waals surface area (Å²) in [6.07, 6.45) is 2.45. The van der Waals surface area contributed by atoms with Gasteiger partial charge in [0.1, 0.15) is 11.6 Å². The summed E-state index contributed by atoms with van der Waals surface area (Å²) in [7, 11) is 6.23. The quantitative estimate of drug-likeness (QED) is 0.779. The van der Waals surface area contributed by atoms with Crippen LogP contribution >= 0.6 is 0 Å². The molecule has 1 aromatic heterocycles. The number of nitrogens with zero attached hydrogens (tertiary/aromatic N) is 4. The standard InChI is InChI=1S/C13H22N4/c1-10-8-12(16(2)3)15-13(14-10)11-6-5-7-17(4)9-11/h8,11H,5-7,9H2,1-4H3/t11-/m1/s1. The van der Waals surface area contributed by atoms with Crippen LogP contribution < -0.4 is 4.90 Å². The zero-order valence-corrected chi connectivity index (χ0v) is 11.3. The van der Waals surface area contributed by atoms with Gasteiger partial charge < -0.3 is 9.80 Å². The summed E-state index contributed by atoms with van der Waals surface area (Å²) in [5.74, 6) is 2.52. The molecule has 1 aromatic rings. The molecule has 0 radical (unpaired) electrons. The van der Waals surface area contributed by atoms with E-state index in [1.165, 1.54) is 19.4 Å². The molecule has 0 spiro atoms. The molecule has 2 heterocycles. The van der Waals surface area contributed by atoms with Crippen LogP contribution in [0.15, 0.2) is 6.07 Å². The summed E-state index contributed by atoms with van der Waals surface area (Å²) in [6, 6.07) is 2.04. The average Bonchev–Trinajstić information content (AvgIpc) is 2.28. The van der Waals surface area contributed by atoms with Gasteiger partial charge >= 0.3 is 0 Å². The molecule has 4 nitrogen and oxygen atoms in total. The van der Waals surface area contributed by atoms with Crippen molar-refractivity contribution < 1.29 is 0 Å². The third-order valence-corrected chi connectivity index (χ3v) is 3.31. The molecule has 1 aliphatic rings. The van der Waals surface area contributed by atoms with Crippen molar-refractivity contribution in [2.75, 3.05) is 39.1 Å². The Morgan fingerprint density at radius 2 is 2.12 bits per heavy atom. The number of likely N-dealkylation sites (N-methyl/N-ethyl adjacent to an activating group) is 1. The van der Waals surface area contributed by atoms with Crippen LogP contribution in [0.1, 0.15) is 30.3 Å². The highest BCUT2D eigenvalue weighted by Gasteiger charge is 2.22. The van der Waals surface area contributed by atoms with Crippen molar-refractivity contribution >= 4 is 5.82 Å². The lowest BCUT2D eigenvalue weighted by atomic mass is 9.97. The van der Waals surface area contributed by atoms with E-state index in [0.29, 0.717) is 5.92 Å². The van der Waals surface area contributed by atoms with Gasteiger partial charge in [-0.1, -0.05) is 0 Å². The van der Waals surface area contributed by atoms with Gasteiger partial charge in [0.25, 0.3) is 0 Å². The smallest absolute Gasteiger partial charge is 0.135 e. The lowest BCUT2D eigenvalue weighted by molar-refractivity contribution is 0.245. The van der Waals surface area contributed by atoms with Gasteiger partial charge in [-0.25, -0.2) is 9.97 Å². The van der Waals surface area contributed by atoms with Crippen molar-refractivity contribution in [2.24, 2.45) is 0 Å². The topological polar surface area (TPSA) is 32.3 Å². The number of hydrogen-bond acceptors (Lipinski definition) is 4. The molecule has 4 heteroatoms. The minimum absolute atomic E-state index is 0.493. The van der Waals surface area contributed by atoms with Crippen LogP contribution in [0.4, 0.5) is 5.82 Å². The number of rotatable bonds is 2. The fourth-order valence-electron chi connectivity index (χ4n) is 2.36. The van der Waals surface area contributed by atoms with E-state index in [1.54, 1.807) is 0 Å². The fourth-order valence-corrected chi connectivity index (χ4v) is 2.36. The van der Waals surface area contributed by atoms with Crippen molar-refractivity contribution in [3.8, 4) is 0 Å². The van der Waals surface area contributed by atoms with E-state index in [2.05, 4.69) is 21.9 Å². The van der Waals surface area contributed by atoms with Gasteiger partial charge in [0, 0.05) is 38.3 Å². The Labute approximate surface area is 104 Å². The maximum absolute atomic E-state index is 4.68. The lowest BCUT2D eigenvalue weighted by Crippen LogP contribution is -2.32. The molecule has 17 heavy (non-hydrogen) atoms. The van der Waals surface area contributed by atoms with Crippen molar-refractivity contribution in [1.29, 1.82) is 0 Å². The summed E-state index contributed by atoms with van der Waals surface area (Å²) in [5, 5.41) is 0. The Hall–Kier alpha value is -1.16. The summed E-state index contributed by atoms with van der Waals surface area (Å²) >= 11 is 0. The van der Waals surface area contributed by atoms with Gasteiger partial charge in [-0.05, 0) is 33.4 Å². The van der Waals surface area contributed by atoms with Gasteiger partial charge in [0.15, 0.2) is 0 Å². The summed E-state index contributed by atoms with van der Waals surface area (Å²) < 4.78 is 0. The summed E-state index contributed by atoms with van der Waals surface area (Å²) in [6.45, 7) is 4.32. The van der Waals surface area contributed by atoms with Crippen molar-refractivity contribution in [1.82, 2.24) is 14.9 Å². The molecule has 0 amide bonds. The third kappa shape index (κ3) is 2.94. The molecule has 0 N–H and O–H groups in total. The number of hydrogen-bond donors (Lipinski definition) is 0. The SMILES string of the molecule is Cc1cc(N(C)C)nc([C@@H]2CCCN(C)C2)n1. The Morgan fingerprint density at radius 3 is 2.76 bits per heavy atom. The van der Waals surface area contributed by atoms with Crippen LogP contribution in [0.2, 0.25) is 0 Å². The molecule has 0 aliphatic carbocycles. The van der Waals surface area contributed by atoms with E-state index in [4.69, 9.17) is 0 Å². The predicted molar refractivity (Wildman–Crippen MR) is 70.6 cm³/mol. The van der Waals surface area contributed by atoms with E-state index in [1.807, 2.05) is 32.0 Å². The predicted octanol–water partition coefficient (Wildman–Crippen LogP) is 1.66. The van der Waals surface area contributed by atoms with E-state index >= 15 is 0 Å². The number of aromatic nitrogens is 2. The summed E-state index contributed by atoms with van der Waals surface area (Å²) in [4.78, 5) is 13.7. The highest BCUT2D eigenvalue weighted by Crippen LogP contribution is 2.25. The molecule has 94 valence electrons. The molecule has 1 fully saturated rings. The second-order valence-electron chi connectivity index (χ2n) is 5.22. The number of anilines is 1. The monoisotopic (exact) mass is 234 g/mol. The lowest BCUT2D eigenvalue weighted by Gasteiger charge is -2.29. The molecule has 2 rings (SSSR count). The van der Waals surface area contributed by atoms with Gasteiger partial charge in [0.2, 0.25) is 0 Å². The zero-order chi connectivity index (χ0) is 12.4. The molecule has 1 atom stereocenters. The van der Waals surface area contributed by atoms with Crippen molar-refractivity contribution in [3.05, 3.63) is 17.6 Å². The van der Waals surface area contributed by atoms with E-state index in [9.17, 15) is 0 Å². The minimum Gasteiger partial charge on any atom is -0.363 e. The van der Waals surface area contributed by atoms with Crippen LogP contribution in [0, 0.1) is 6.92 Å². The van der Waals surface area contributed by atoms with Crippen LogP contribution in [-0.2, 0) is 0 Å². The molecular weight excluding hydrogens is 212 g/mol. The molecule has 1 aliphatic heterocycles. The fraction of sp³-hybridized carbons (Fsp3) is 0.692. The average molecular weight is 234 g/mol. The Bertz CT molecular complexity index is 389. The largest absolute Gasteiger partial charge is 0.363 e. The zero-order valence-electron chi connectivity index (χ0n) is 11.3. The summed E-state index contributed by atoms with van der Waals surface area (Å²) in [5.41, 5.74) is 1.06. The van der Waals surface area contributed by atoms with Crippen LogP contribution in [-0.4, -0.2) is 49.1 Å². The molecule has 0 saturated carbocycles. The Balaban J connectivity index is 2.25. The Kier molecular flexibility index (Phi) is 3.62. The van der Waals surface area contributed by atoms with E-state index in [0.717, 1.165) is 23.9 Å². The third-order valence-electron chi connectivity index (χ3n) is 3.31. The highest BCUT2D eigenvalue weighted by atomic mass is 15.2. The highest BCUT2D eigenvalue weighted by molar-refractivity contribution is 5.38.